The molecule has 6 nitrogen and oxygen atoms in total. The minimum absolute atomic E-state index is 0.0154. The largest absolute Gasteiger partial charge is 0.496 e. The second kappa shape index (κ2) is 10.1. The fraction of sp³-hybridized carbons (Fsp3) is 0.192. The SMILES string of the molecule is COc1ccccc1CCNC(=O)Cn1cc(S(=O)(=O)Cc2ccc(F)cc2)c2ccccc21. The fourth-order valence-corrected chi connectivity index (χ4v) is 5.51. The molecule has 0 aliphatic rings. The van der Waals surface area contributed by atoms with Gasteiger partial charge in [0.05, 0.1) is 17.8 Å². The maximum Gasteiger partial charge on any atom is 0.239 e. The number of benzene rings is 3. The van der Waals surface area contributed by atoms with Gasteiger partial charge in [-0.15, -0.1) is 0 Å². The molecule has 176 valence electrons. The van der Waals surface area contributed by atoms with Gasteiger partial charge in [-0.05, 0) is 41.8 Å². The van der Waals surface area contributed by atoms with E-state index in [1.165, 1.54) is 30.5 Å². The Kier molecular flexibility index (Phi) is 6.98. The van der Waals surface area contributed by atoms with Crippen LogP contribution in [0.1, 0.15) is 11.1 Å². The number of fused-ring (bicyclic) bond motifs is 1. The van der Waals surface area contributed by atoms with Crippen LogP contribution in [0.4, 0.5) is 4.39 Å². The molecule has 3 aromatic carbocycles. The van der Waals surface area contributed by atoms with Gasteiger partial charge in [0.1, 0.15) is 18.1 Å². The summed E-state index contributed by atoms with van der Waals surface area (Å²) < 4.78 is 46.5. The van der Waals surface area contributed by atoms with Crippen molar-refractivity contribution in [2.24, 2.45) is 0 Å². The molecule has 0 aliphatic carbocycles. The molecule has 0 bridgehead atoms. The summed E-state index contributed by atoms with van der Waals surface area (Å²) in [6.45, 7) is 0.409. The number of nitrogens with one attached hydrogen (secondary N) is 1. The first-order chi connectivity index (χ1) is 16.4. The average Bonchev–Trinajstić information content (AvgIpc) is 3.20. The quantitative estimate of drug-likeness (QED) is 0.391. The van der Waals surface area contributed by atoms with Crippen LogP contribution in [0.15, 0.2) is 83.9 Å². The number of halogens is 1. The van der Waals surface area contributed by atoms with Gasteiger partial charge in [-0.1, -0.05) is 48.5 Å². The van der Waals surface area contributed by atoms with Crippen molar-refractivity contribution in [1.82, 2.24) is 9.88 Å². The van der Waals surface area contributed by atoms with Crippen LogP contribution in [-0.2, 0) is 33.4 Å². The highest BCUT2D eigenvalue weighted by Crippen LogP contribution is 2.28. The molecule has 0 unspecified atom stereocenters. The lowest BCUT2D eigenvalue weighted by Gasteiger charge is -2.10. The van der Waals surface area contributed by atoms with Gasteiger partial charge in [-0.2, -0.15) is 0 Å². The molecule has 1 aromatic heterocycles. The van der Waals surface area contributed by atoms with E-state index in [-0.39, 0.29) is 23.1 Å². The molecule has 1 heterocycles. The zero-order valence-corrected chi connectivity index (χ0v) is 19.5. The second-order valence-corrected chi connectivity index (χ2v) is 9.89. The maximum atomic E-state index is 13.2. The van der Waals surface area contributed by atoms with Crippen molar-refractivity contribution in [2.45, 2.75) is 23.6 Å². The van der Waals surface area contributed by atoms with E-state index >= 15 is 0 Å². The number of ether oxygens (including phenoxy) is 1. The molecule has 0 saturated carbocycles. The number of carbonyl (C=O) groups excluding carboxylic acids is 1. The summed E-state index contributed by atoms with van der Waals surface area (Å²) in [5.41, 5.74) is 2.14. The van der Waals surface area contributed by atoms with Gasteiger partial charge >= 0.3 is 0 Å². The number of hydrogen-bond donors (Lipinski definition) is 1. The standard InChI is InChI=1S/C26H25FN2O4S/c1-33-24-9-5-2-6-20(24)14-15-28-26(30)17-29-16-25(22-7-3-4-8-23(22)29)34(31,32)18-19-10-12-21(27)13-11-19/h2-13,16H,14-15,17-18H2,1H3,(H,28,30). The summed E-state index contributed by atoms with van der Waals surface area (Å²) in [4.78, 5) is 12.8. The Morgan fingerprint density at radius 2 is 1.71 bits per heavy atom. The summed E-state index contributed by atoms with van der Waals surface area (Å²) >= 11 is 0. The Bertz CT molecular complexity index is 1410. The summed E-state index contributed by atoms with van der Waals surface area (Å²) in [7, 11) is -2.11. The van der Waals surface area contributed by atoms with Crippen molar-refractivity contribution in [3.05, 3.63) is 95.9 Å². The smallest absolute Gasteiger partial charge is 0.239 e. The molecule has 4 aromatic rings. The van der Waals surface area contributed by atoms with E-state index in [2.05, 4.69) is 5.32 Å². The van der Waals surface area contributed by atoms with E-state index in [9.17, 15) is 17.6 Å². The molecule has 0 spiro atoms. The first-order valence-corrected chi connectivity index (χ1v) is 12.5. The van der Waals surface area contributed by atoms with Crippen LogP contribution >= 0.6 is 0 Å². The Labute approximate surface area is 197 Å². The van der Waals surface area contributed by atoms with Gasteiger partial charge in [0.25, 0.3) is 0 Å². The third-order valence-electron chi connectivity index (χ3n) is 5.58. The Hall–Kier alpha value is -3.65. The number of methoxy groups -OCH3 is 1. The highest BCUT2D eigenvalue weighted by molar-refractivity contribution is 7.90. The number of sulfone groups is 1. The molecular weight excluding hydrogens is 455 g/mol. The number of nitrogens with zero attached hydrogens (tertiary/aromatic N) is 1. The number of para-hydroxylation sites is 2. The third-order valence-corrected chi connectivity index (χ3v) is 7.29. The monoisotopic (exact) mass is 480 g/mol. The topological polar surface area (TPSA) is 77.4 Å². The van der Waals surface area contributed by atoms with Gasteiger partial charge in [0, 0.05) is 23.6 Å². The highest BCUT2D eigenvalue weighted by Gasteiger charge is 2.22. The molecule has 0 atom stereocenters. The first kappa shape index (κ1) is 23.5. The lowest BCUT2D eigenvalue weighted by molar-refractivity contribution is -0.121. The van der Waals surface area contributed by atoms with Crippen LogP contribution in [0.5, 0.6) is 5.75 Å². The minimum atomic E-state index is -3.72. The van der Waals surface area contributed by atoms with E-state index in [0.717, 1.165) is 11.3 Å². The molecule has 0 saturated heterocycles. The summed E-state index contributed by atoms with van der Waals surface area (Å²) in [5, 5.41) is 3.44. The summed E-state index contributed by atoms with van der Waals surface area (Å²) in [5.74, 6) is -0.136. The van der Waals surface area contributed by atoms with Crippen molar-refractivity contribution in [1.29, 1.82) is 0 Å². The first-order valence-electron chi connectivity index (χ1n) is 10.8. The number of aromatic nitrogens is 1. The number of amides is 1. The average molecular weight is 481 g/mol. The summed E-state index contributed by atoms with van der Waals surface area (Å²) in [6, 6.07) is 20.1. The van der Waals surface area contributed by atoms with Crippen LogP contribution in [-0.4, -0.2) is 32.5 Å². The Balaban J connectivity index is 1.50. The lowest BCUT2D eigenvalue weighted by Crippen LogP contribution is -2.29. The van der Waals surface area contributed by atoms with Crippen LogP contribution in [0.2, 0.25) is 0 Å². The van der Waals surface area contributed by atoms with E-state index < -0.39 is 15.7 Å². The summed E-state index contributed by atoms with van der Waals surface area (Å²) in [6.07, 6.45) is 2.11. The minimum Gasteiger partial charge on any atom is -0.496 e. The van der Waals surface area contributed by atoms with Crippen LogP contribution in [0.3, 0.4) is 0 Å². The number of carbonyl (C=O) groups is 1. The molecule has 1 amide bonds. The van der Waals surface area contributed by atoms with Crippen molar-refractivity contribution in [3.63, 3.8) is 0 Å². The molecule has 0 fully saturated rings. The lowest BCUT2D eigenvalue weighted by atomic mass is 10.1. The van der Waals surface area contributed by atoms with E-state index in [1.54, 1.807) is 35.9 Å². The molecule has 34 heavy (non-hydrogen) atoms. The van der Waals surface area contributed by atoms with Crippen molar-refractivity contribution >= 4 is 26.6 Å². The van der Waals surface area contributed by atoms with E-state index in [1.807, 2.05) is 24.3 Å². The van der Waals surface area contributed by atoms with Gasteiger partial charge in [0.15, 0.2) is 9.84 Å². The molecule has 1 N–H and O–H groups in total. The predicted molar refractivity (Wildman–Crippen MR) is 129 cm³/mol. The van der Waals surface area contributed by atoms with Gasteiger partial charge in [-0.3, -0.25) is 4.79 Å². The Morgan fingerprint density at radius 3 is 2.47 bits per heavy atom. The molecule has 8 heteroatoms. The van der Waals surface area contributed by atoms with Crippen LogP contribution in [0.25, 0.3) is 10.9 Å². The Morgan fingerprint density at radius 1 is 1.00 bits per heavy atom. The normalized spacial score (nSPS) is 11.5. The molecule has 0 aliphatic heterocycles. The van der Waals surface area contributed by atoms with Crippen molar-refractivity contribution < 1.29 is 22.3 Å². The maximum absolute atomic E-state index is 13.2. The fourth-order valence-electron chi connectivity index (χ4n) is 3.93. The molecular formula is C26H25FN2O4S. The zero-order valence-electron chi connectivity index (χ0n) is 18.7. The van der Waals surface area contributed by atoms with E-state index in [4.69, 9.17) is 4.74 Å². The van der Waals surface area contributed by atoms with Gasteiger partial charge in [0.2, 0.25) is 5.91 Å². The van der Waals surface area contributed by atoms with Gasteiger partial charge < -0.3 is 14.6 Å². The second-order valence-electron chi connectivity index (χ2n) is 7.94. The third kappa shape index (κ3) is 5.28. The predicted octanol–water partition coefficient (Wildman–Crippen LogP) is 4.12. The highest BCUT2D eigenvalue weighted by atomic mass is 32.2. The zero-order chi connectivity index (χ0) is 24.1. The van der Waals surface area contributed by atoms with Crippen LogP contribution in [0, 0.1) is 5.82 Å². The molecule has 0 radical (unpaired) electrons. The van der Waals surface area contributed by atoms with E-state index in [0.29, 0.717) is 29.4 Å². The number of rotatable bonds is 9. The van der Waals surface area contributed by atoms with Crippen molar-refractivity contribution in [2.75, 3.05) is 13.7 Å². The molecule has 4 rings (SSSR count). The van der Waals surface area contributed by atoms with Crippen LogP contribution < -0.4 is 10.1 Å². The van der Waals surface area contributed by atoms with Gasteiger partial charge in [-0.25, -0.2) is 12.8 Å². The van der Waals surface area contributed by atoms with Crippen molar-refractivity contribution in [3.8, 4) is 5.75 Å². The number of hydrogen-bond acceptors (Lipinski definition) is 4.